The molecule has 9 atom stereocenters. The Labute approximate surface area is 313 Å². The second-order valence-corrected chi connectivity index (χ2v) is 14.5. The summed E-state index contributed by atoms with van der Waals surface area (Å²) in [5, 5.41) is 107. The molecular formula is C39H42O16. The lowest BCUT2D eigenvalue weighted by Gasteiger charge is -2.42. The molecule has 7 rings (SSSR count). The van der Waals surface area contributed by atoms with E-state index in [2.05, 4.69) is 0 Å². The van der Waals surface area contributed by atoms with Gasteiger partial charge in [0.2, 0.25) is 12.1 Å². The summed E-state index contributed by atoms with van der Waals surface area (Å²) in [5.74, 6) is -1.89. The van der Waals surface area contributed by atoms with Crippen LogP contribution in [0, 0.1) is 6.92 Å². The maximum Gasteiger partial charge on any atom is 0.229 e. The van der Waals surface area contributed by atoms with Crippen molar-refractivity contribution in [3.05, 3.63) is 70.3 Å². The average molecular weight is 767 g/mol. The number of carbonyl (C=O) groups is 1. The van der Waals surface area contributed by atoms with E-state index < -0.39 is 91.2 Å². The van der Waals surface area contributed by atoms with Gasteiger partial charge in [0.1, 0.15) is 77.2 Å². The van der Waals surface area contributed by atoms with E-state index >= 15 is 0 Å². The molecular weight excluding hydrogens is 724 g/mol. The normalized spacial score (nSPS) is 28.5. The number of hydrogen-bond acceptors (Lipinski definition) is 16. The summed E-state index contributed by atoms with van der Waals surface area (Å²) in [6.45, 7) is 3.78. The molecule has 294 valence electrons. The number of ketones is 1. The minimum atomic E-state index is -1.84. The third-order valence-electron chi connectivity index (χ3n) is 10.7. The third kappa shape index (κ3) is 6.19. The largest absolute Gasteiger partial charge is 0.508 e. The van der Waals surface area contributed by atoms with Crippen molar-refractivity contribution in [2.75, 3.05) is 20.3 Å². The number of benzene rings is 4. The fourth-order valence-electron chi connectivity index (χ4n) is 7.89. The number of rotatable bonds is 8. The number of aromatic hydroxyl groups is 4. The topological polar surface area (TPSA) is 266 Å². The SMILES string of the molecule is COc1cc(C)c(-c2cc(O)cc3cc4c(c(O)c23)C(=O)c2c(O)cc(O)cc2C4(C)C)c(O[C@@H]2O[C@H](CO)[C@@H](O)[C@H](O[C@H]3O[C@H](CO)[C@@H](O)[C@@H]3O)[C@H]2O)c1. The second-order valence-electron chi connectivity index (χ2n) is 14.5. The molecule has 0 spiro atoms. The van der Waals surface area contributed by atoms with Gasteiger partial charge in [-0.2, -0.15) is 0 Å². The Kier molecular flexibility index (Phi) is 9.86. The monoisotopic (exact) mass is 766 g/mol. The Morgan fingerprint density at radius 1 is 0.727 bits per heavy atom. The first-order valence-electron chi connectivity index (χ1n) is 17.4. The Bertz CT molecular complexity index is 2170. The van der Waals surface area contributed by atoms with E-state index in [0.717, 1.165) is 6.07 Å². The van der Waals surface area contributed by atoms with Gasteiger partial charge < -0.3 is 74.7 Å². The number of carbonyl (C=O) groups excluding carboxylic acids is 1. The molecule has 1 aliphatic carbocycles. The van der Waals surface area contributed by atoms with Crippen LogP contribution in [0.5, 0.6) is 34.5 Å². The molecule has 16 nitrogen and oxygen atoms in total. The molecule has 55 heavy (non-hydrogen) atoms. The van der Waals surface area contributed by atoms with E-state index in [0.29, 0.717) is 22.1 Å². The molecule has 0 amide bonds. The smallest absolute Gasteiger partial charge is 0.229 e. The highest BCUT2D eigenvalue weighted by Crippen LogP contribution is 2.53. The molecule has 2 fully saturated rings. The lowest BCUT2D eigenvalue weighted by atomic mass is 9.67. The zero-order chi connectivity index (χ0) is 39.8. The fraction of sp³-hybridized carbons (Fsp3) is 0.410. The lowest BCUT2D eigenvalue weighted by molar-refractivity contribution is -0.315. The molecule has 4 aromatic rings. The minimum Gasteiger partial charge on any atom is -0.508 e. The summed E-state index contributed by atoms with van der Waals surface area (Å²) in [6.07, 6.45) is -14.3. The molecule has 3 aliphatic rings. The predicted octanol–water partition coefficient (Wildman–Crippen LogP) is 1.16. The van der Waals surface area contributed by atoms with E-state index in [-0.39, 0.29) is 50.6 Å². The van der Waals surface area contributed by atoms with Crippen molar-refractivity contribution in [2.45, 2.75) is 81.5 Å². The van der Waals surface area contributed by atoms with Crippen LogP contribution in [0.1, 0.15) is 46.5 Å². The number of fused-ring (bicyclic) bond motifs is 3. The van der Waals surface area contributed by atoms with Gasteiger partial charge in [-0.05, 0) is 59.3 Å². The Morgan fingerprint density at radius 3 is 2.02 bits per heavy atom. The summed E-state index contributed by atoms with van der Waals surface area (Å²) in [7, 11) is 1.40. The van der Waals surface area contributed by atoms with Crippen molar-refractivity contribution in [2.24, 2.45) is 0 Å². The van der Waals surface area contributed by atoms with Crippen molar-refractivity contribution in [3.63, 3.8) is 0 Å². The van der Waals surface area contributed by atoms with Crippen LogP contribution in [0.2, 0.25) is 0 Å². The summed E-state index contributed by atoms with van der Waals surface area (Å²) in [5.41, 5.74) is 0.347. The van der Waals surface area contributed by atoms with E-state index in [1.54, 1.807) is 32.9 Å². The zero-order valence-electron chi connectivity index (χ0n) is 30.1. The van der Waals surface area contributed by atoms with E-state index in [9.17, 15) is 55.9 Å². The average Bonchev–Trinajstić information content (AvgIpc) is 3.40. The maximum absolute atomic E-state index is 14.1. The summed E-state index contributed by atoms with van der Waals surface area (Å²) in [6, 6.07) is 9.86. The van der Waals surface area contributed by atoms with Crippen molar-refractivity contribution in [3.8, 4) is 45.6 Å². The fourth-order valence-corrected chi connectivity index (χ4v) is 7.89. The van der Waals surface area contributed by atoms with Crippen molar-refractivity contribution in [1.82, 2.24) is 0 Å². The van der Waals surface area contributed by atoms with Gasteiger partial charge >= 0.3 is 0 Å². The molecule has 0 saturated carbocycles. The highest BCUT2D eigenvalue weighted by atomic mass is 16.7. The number of methoxy groups -OCH3 is 1. The number of aryl methyl sites for hydroxylation is 1. The molecule has 0 unspecified atom stereocenters. The molecule has 10 N–H and O–H groups in total. The molecule has 0 aromatic heterocycles. The zero-order valence-corrected chi connectivity index (χ0v) is 30.1. The Balaban J connectivity index is 1.35. The van der Waals surface area contributed by atoms with Crippen LogP contribution >= 0.6 is 0 Å². The predicted molar refractivity (Wildman–Crippen MR) is 190 cm³/mol. The van der Waals surface area contributed by atoms with E-state index in [1.807, 2.05) is 0 Å². The highest BCUT2D eigenvalue weighted by Gasteiger charge is 2.51. The van der Waals surface area contributed by atoms with Gasteiger partial charge in [-0.1, -0.05) is 13.8 Å². The first-order valence-corrected chi connectivity index (χ1v) is 17.4. The van der Waals surface area contributed by atoms with Crippen LogP contribution in [-0.2, 0) is 19.6 Å². The van der Waals surface area contributed by atoms with Crippen molar-refractivity contribution >= 4 is 16.6 Å². The minimum absolute atomic E-state index is 0.0465. The van der Waals surface area contributed by atoms with Gasteiger partial charge in [0.15, 0.2) is 6.29 Å². The molecule has 2 saturated heterocycles. The highest BCUT2D eigenvalue weighted by molar-refractivity contribution is 6.20. The van der Waals surface area contributed by atoms with Gasteiger partial charge in [0, 0.05) is 34.1 Å². The van der Waals surface area contributed by atoms with Gasteiger partial charge in [-0.15, -0.1) is 0 Å². The van der Waals surface area contributed by atoms with Gasteiger partial charge in [-0.3, -0.25) is 4.79 Å². The second kappa shape index (κ2) is 14.1. The van der Waals surface area contributed by atoms with Gasteiger partial charge in [-0.25, -0.2) is 0 Å². The number of aliphatic hydroxyl groups is 6. The van der Waals surface area contributed by atoms with Crippen LogP contribution in [0.25, 0.3) is 21.9 Å². The molecule has 4 aromatic carbocycles. The van der Waals surface area contributed by atoms with Crippen LogP contribution in [0.4, 0.5) is 0 Å². The summed E-state index contributed by atoms with van der Waals surface area (Å²) in [4.78, 5) is 14.1. The molecule has 2 aliphatic heterocycles. The summed E-state index contributed by atoms with van der Waals surface area (Å²) >= 11 is 0. The van der Waals surface area contributed by atoms with Crippen molar-refractivity contribution in [1.29, 1.82) is 0 Å². The first kappa shape index (κ1) is 38.5. The van der Waals surface area contributed by atoms with Crippen LogP contribution in [0.3, 0.4) is 0 Å². The van der Waals surface area contributed by atoms with Crippen molar-refractivity contribution < 1.29 is 79.5 Å². The quantitative estimate of drug-likeness (QED) is 0.121. The number of ether oxygens (including phenoxy) is 5. The maximum atomic E-state index is 14.1. The van der Waals surface area contributed by atoms with Crippen LogP contribution in [0.15, 0.2) is 42.5 Å². The lowest BCUT2D eigenvalue weighted by Crippen LogP contribution is -2.62. The Morgan fingerprint density at radius 2 is 1.36 bits per heavy atom. The van der Waals surface area contributed by atoms with E-state index in [1.165, 1.54) is 31.4 Å². The van der Waals surface area contributed by atoms with Gasteiger partial charge in [0.05, 0.1) is 31.5 Å². The number of phenols is 4. The van der Waals surface area contributed by atoms with Crippen LogP contribution in [-0.4, -0.2) is 132 Å². The first-order chi connectivity index (χ1) is 26.0. The molecule has 0 bridgehead atoms. The number of hydrogen-bond donors (Lipinski definition) is 10. The Hall–Kier alpha value is -4.75. The molecule has 2 heterocycles. The number of aliphatic hydroxyl groups excluding tert-OH is 6. The molecule has 16 heteroatoms. The molecule has 0 radical (unpaired) electrons. The van der Waals surface area contributed by atoms with E-state index in [4.69, 9.17) is 23.7 Å². The van der Waals surface area contributed by atoms with Crippen LogP contribution < -0.4 is 9.47 Å². The third-order valence-corrected chi connectivity index (χ3v) is 10.7. The van der Waals surface area contributed by atoms with Gasteiger partial charge in [0.25, 0.3) is 0 Å². The standard InChI is InChI=1S/C39H42O16/c1-14-5-18(51-4)11-23(52-38-35(50)36(31(46)25(13-41)54-38)55-37-34(49)30(45)24(12-40)53-37)26(14)19-8-16(42)6-15-7-20-29(32(47)27(15)19)33(48)28-21(39(20,2)3)9-17(43)10-22(28)44/h5-11,24-25,30-31,34-38,40-47,49-50H,12-13H2,1-4H3/t24-,25-,30-,31-,34+,35-,36+,37-,38-/m1/s1. The summed E-state index contributed by atoms with van der Waals surface area (Å²) < 4.78 is 28.6. The number of phenolic OH excluding ortho intramolecular Hbond substituents is 4.